The van der Waals surface area contributed by atoms with Gasteiger partial charge in [-0.3, -0.25) is 4.79 Å². The molecule has 4 rings (SSSR count). The van der Waals surface area contributed by atoms with E-state index in [1.165, 1.54) is 7.11 Å². The first kappa shape index (κ1) is 24.6. The first-order valence-corrected chi connectivity index (χ1v) is 12.4. The second-order valence-corrected chi connectivity index (χ2v) is 10.1. The topological polar surface area (TPSA) is 93.1 Å². The molecule has 0 amide bonds. The molecule has 3 aromatic rings. The number of hydrogen-bond acceptors (Lipinski definition) is 5. The Morgan fingerprint density at radius 2 is 1.74 bits per heavy atom. The number of methoxy groups -OCH3 is 1. The van der Waals surface area contributed by atoms with Gasteiger partial charge in [0, 0.05) is 18.2 Å². The van der Waals surface area contributed by atoms with Gasteiger partial charge in [-0.2, -0.15) is 4.31 Å². The van der Waals surface area contributed by atoms with Crippen LogP contribution in [0.2, 0.25) is 0 Å². The van der Waals surface area contributed by atoms with Gasteiger partial charge in [0.1, 0.15) is 24.1 Å². The number of halogens is 2. The van der Waals surface area contributed by atoms with Crippen LogP contribution in [0, 0.1) is 11.6 Å². The SMILES string of the molecule is COc1cc(F)c(F)cc1-c1ccc(OCc2cccc(CN3[C@H](C(=O)O)CCS3(=O)=O)c2)cc1. The van der Waals surface area contributed by atoms with Crippen molar-refractivity contribution in [1.29, 1.82) is 0 Å². The Hall–Kier alpha value is -3.50. The number of aliphatic carboxylic acids is 1. The molecular formula is C25H23F2NO6S. The van der Waals surface area contributed by atoms with E-state index in [0.717, 1.165) is 22.0 Å². The van der Waals surface area contributed by atoms with E-state index in [2.05, 4.69) is 0 Å². The summed E-state index contributed by atoms with van der Waals surface area (Å²) in [6.07, 6.45) is 0.0624. The van der Waals surface area contributed by atoms with Gasteiger partial charge in [-0.15, -0.1) is 0 Å². The lowest BCUT2D eigenvalue weighted by atomic mass is 10.0. The van der Waals surface area contributed by atoms with E-state index >= 15 is 0 Å². The smallest absolute Gasteiger partial charge is 0.322 e. The molecule has 0 aromatic heterocycles. The molecular weight excluding hydrogens is 480 g/mol. The molecule has 7 nitrogen and oxygen atoms in total. The van der Waals surface area contributed by atoms with Crippen LogP contribution >= 0.6 is 0 Å². The van der Waals surface area contributed by atoms with Crippen molar-refractivity contribution in [2.45, 2.75) is 25.6 Å². The number of carboxylic acid groups (broad SMARTS) is 1. The first-order chi connectivity index (χ1) is 16.7. The average Bonchev–Trinajstić information content (AvgIpc) is 3.14. The minimum atomic E-state index is -3.62. The van der Waals surface area contributed by atoms with Gasteiger partial charge < -0.3 is 14.6 Å². The Bertz CT molecular complexity index is 1340. The highest BCUT2D eigenvalue weighted by molar-refractivity contribution is 7.89. The monoisotopic (exact) mass is 503 g/mol. The Labute approximate surface area is 201 Å². The summed E-state index contributed by atoms with van der Waals surface area (Å²) < 4.78 is 63.7. The van der Waals surface area contributed by atoms with E-state index in [-0.39, 0.29) is 31.1 Å². The molecule has 35 heavy (non-hydrogen) atoms. The molecule has 0 spiro atoms. The number of nitrogens with zero attached hydrogens (tertiary/aromatic N) is 1. The van der Waals surface area contributed by atoms with Crippen molar-refractivity contribution < 1.29 is 36.6 Å². The third kappa shape index (κ3) is 5.44. The lowest BCUT2D eigenvalue weighted by molar-refractivity contribution is -0.141. The second-order valence-electron chi connectivity index (χ2n) is 8.10. The van der Waals surface area contributed by atoms with Gasteiger partial charge in [-0.1, -0.05) is 36.4 Å². The van der Waals surface area contributed by atoms with Gasteiger partial charge in [0.25, 0.3) is 0 Å². The van der Waals surface area contributed by atoms with Crippen molar-refractivity contribution in [2.75, 3.05) is 12.9 Å². The molecule has 1 aliphatic rings. The summed E-state index contributed by atoms with van der Waals surface area (Å²) in [6.45, 7) is 0.161. The maximum Gasteiger partial charge on any atom is 0.322 e. The van der Waals surface area contributed by atoms with E-state index in [1.54, 1.807) is 42.5 Å². The van der Waals surface area contributed by atoms with Gasteiger partial charge in [0.15, 0.2) is 11.6 Å². The zero-order valence-corrected chi connectivity index (χ0v) is 19.6. The van der Waals surface area contributed by atoms with Gasteiger partial charge in [0.2, 0.25) is 10.0 Å². The van der Waals surface area contributed by atoms with Crippen LogP contribution in [0.4, 0.5) is 8.78 Å². The fraction of sp³-hybridized carbons (Fsp3) is 0.240. The van der Waals surface area contributed by atoms with Crippen molar-refractivity contribution in [3.05, 3.63) is 83.4 Å². The molecule has 184 valence electrons. The summed E-state index contributed by atoms with van der Waals surface area (Å²) in [5, 5.41) is 9.34. The number of hydrogen-bond donors (Lipinski definition) is 1. The average molecular weight is 504 g/mol. The lowest BCUT2D eigenvalue weighted by Crippen LogP contribution is -2.37. The van der Waals surface area contributed by atoms with E-state index in [9.17, 15) is 27.1 Å². The second kappa shape index (κ2) is 10.0. The fourth-order valence-electron chi connectivity index (χ4n) is 3.99. The van der Waals surface area contributed by atoms with Crippen LogP contribution < -0.4 is 9.47 Å². The van der Waals surface area contributed by atoms with Crippen LogP contribution in [-0.4, -0.2) is 42.7 Å². The maximum absolute atomic E-state index is 13.7. The fourth-order valence-corrected chi connectivity index (χ4v) is 5.67. The van der Waals surface area contributed by atoms with Gasteiger partial charge in [-0.25, -0.2) is 17.2 Å². The highest BCUT2D eigenvalue weighted by Crippen LogP contribution is 2.33. The standard InChI is InChI=1S/C25H23F2NO6S/c1-33-24-13-22(27)21(26)12-20(24)18-5-7-19(8-6-18)34-15-17-4-2-3-16(11-17)14-28-23(25(29)30)9-10-35(28,31)32/h2-8,11-13,23H,9-10,14-15H2,1H3,(H,29,30)/t23-/m0/s1. The van der Waals surface area contributed by atoms with E-state index in [0.29, 0.717) is 22.4 Å². The molecule has 0 radical (unpaired) electrons. The Balaban J connectivity index is 1.44. The van der Waals surface area contributed by atoms with Crippen molar-refractivity contribution in [3.8, 4) is 22.6 Å². The number of carboxylic acids is 1. The van der Waals surface area contributed by atoms with E-state index < -0.39 is 33.7 Å². The summed E-state index contributed by atoms with van der Waals surface area (Å²) in [7, 11) is -2.24. The summed E-state index contributed by atoms with van der Waals surface area (Å²) in [4.78, 5) is 11.4. The number of carbonyl (C=O) groups is 1. The zero-order valence-electron chi connectivity index (χ0n) is 18.8. The maximum atomic E-state index is 13.7. The summed E-state index contributed by atoms with van der Waals surface area (Å²) >= 11 is 0. The highest BCUT2D eigenvalue weighted by atomic mass is 32.2. The molecule has 1 heterocycles. The van der Waals surface area contributed by atoms with E-state index in [4.69, 9.17) is 9.47 Å². The summed E-state index contributed by atoms with van der Waals surface area (Å²) in [5.41, 5.74) is 2.46. The number of benzene rings is 3. The predicted molar refractivity (Wildman–Crippen MR) is 124 cm³/mol. The molecule has 1 fully saturated rings. The van der Waals surface area contributed by atoms with Crippen LogP contribution in [0.3, 0.4) is 0 Å². The van der Waals surface area contributed by atoms with Gasteiger partial charge in [-0.05, 0) is 41.3 Å². The zero-order chi connectivity index (χ0) is 25.2. The minimum absolute atomic E-state index is 0.0299. The van der Waals surface area contributed by atoms with Gasteiger partial charge >= 0.3 is 5.97 Å². The quantitative estimate of drug-likeness (QED) is 0.495. The van der Waals surface area contributed by atoms with Crippen LogP contribution in [0.1, 0.15) is 17.5 Å². The van der Waals surface area contributed by atoms with E-state index in [1.807, 2.05) is 6.07 Å². The molecule has 0 unspecified atom stereocenters. The molecule has 0 saturated carbocycles. The normalized spacial score (nSPS) is 17.3. The minimum Gasteiger partial charge on any atom is -0.496 e. The Morgan fingerprint density at radius 1 is 1.06 bits per heavy atom. The van der Waals surface area contributed by atoms with Crippen molar-refractivity contribution in [3.63, 3.8) is 0 Å². The first-order valence-electron chi connectivity index (χ1n) is 10.7. The van der Waals surface area contributed by atoms with Crippen LogP contribution in [0.25, 0.3) is 11.1 Å². The highest BCUT2D eigenvalue weighted by Gasteiger charge is 2.41. The summed E-state index contributed by atoms with van der Waals surface area (Å²) in [5.74, 6) is -2.56. The number of sulfonamides is 1. The largest absolute Gasteiger partial charge is 0.496 e. The van der Waals surface area contributed by atoms with Crippen molar-refractivity contribution in [2.24, 2.45) is 0 Å². The van der Waals surface area contributed by atoms with Gasteiger partial charge in [0.05, 0.1) is 12.9 Å². The molecule has 0 aliphatic carbocycles. The number of ether oxygens (including phenoxy) is 2. The molecule has 1 N–H and O–H groups in total. The molecule has 1 saturated heterocycles. The molecule has 3 aromatic carbocycles. The summed E-state index contributed by atoms with van der Waals surface area (Å²) in [6, 6.07) is 14.9. The van der Waals surface area contributed by atoms with Crippen LogP contribution in [0.5, 0.6) is 11.5 Å². The van der Waals surface area contributed by atoms with Crippen LogP contribution in [0.15, 0.2) is 60.7 Å². The third-order valence-electron chi connectivity index (χ3n) is 5.78. The lowest BCUT2D eigenvalue weighted by Gasteiger charge is -2.20. The van der Waals surface area contributed by atoms with Crippen molar-refractivity contribution in [1.82, 2.24) is 4.31 Å². The Kier molecular flexibility index (Phi) is 7.04. The molecule has 1 atom stereocenters. The molecule has 1 aliphatic heterocycles. The number of rotatable bonds is 8. The predicted octanol–water partition coefficient (Wildman–Crippen LogP) is 4.21. The van der Waals surface area contributed by atoms with Crippen molar-refractivity contribution >= 4 is 16.0 Å². The third-order valence-corrected chi connectivity index (χ3v) is 7.63. The Morgan fingerprint density at radius 3 is 2.43 bits per heavy atom. The molecule has 0 bridgehead atoms. The van der Waals surface area contributed by atoms with Crippen LogP contribution in [-0.2, 0) is 28.0 Å². The molecule has 10 heteroatoms.